The predicted molar refractivity (Wildman–Crippen MR) is 90.6 cm³/mol. The number of aliphatic hydroxyl groups excluding tert-OH is 1. The average molecular weight is 296 g/mol. The highest BCUT2D eigenvalue weighted by Gasteiger charge is 2.32. The first-order chi connectivity index (χ1) is 10.3. The Bertz CT molecular complexity index is 252. The Morgan fingerprint density at radius 3 is 2.38 bits per heavy atom. The van der Waals surface area contributed by atoms with Gasteiger partial charge in [0, 0.05) is 6.42 Å². The maximum Gasteiger partial charge on any atom is 0.0838 e. The second kappa shape index (κ2) is 12.2. The van der Waals surface area contributed by atoms with E-state index in [1.54, 1.807) is 0 Å². The van der Waals surface area contributed by atoms with Crippen molar-refractivity contribution in [2.24, 2.45) is 0 Å². The van der Waals surface area contributed by atoms with Gasteiger partial charge in [-0.3, -0.25) is 0 Å². The van der Waals surface area contributed by atoms with Gasteiger partial charge in [0.1, 0.15) is 0 Å². The Morgan fingerprint density at radius 1 is 1.00 bits per heavy atom. The summed E-state index contributed by atoms with van der Waals surface area (Å²) in [7, 11) is 0. The molecule has 1 N–H and O–H groups in total. The Labute approximate surface area is 132 Å². The molecule has 0 aliphatic carbocycles. The van der Waals surface area contributed by atoms with Gasteiger partial charge < -0.3 is 9.84 Å². The SMILES string of the molecule is C=CCCCCCCCC[C@@H]1C[C@H](O)[C@@H](CCCCC)O1. The second-order valence-electron chi connectivity index (χ2n) is 6.58. The van der Waals surface area contributed by atoms with Gasteiger partial charge >= 0.3 is 0 Å². The van der Waals surface area contributed by atoms with Gasteiger partial charge in [0.05, 0.1) is 18.3 Å². The molecule has 1 aliphatic heterocycles. The van der Waals surface area contributed by atoms with Crippen LogP contribution in [-0.2, 0) is 4.74 Å². The number of unbranched alkanes of at least 4 members (excludes halogenated alkanes) is 8. The maximum absolute atomic E-state index is 10.0. The van der Waals surface area contributed by atoms with Gasteiger partial charge in [-0.15, -0.1) is 6.58 Å². The van der Waals surface area contributed by atoms with Gasteiger partial charge in [-0.1, -0.05) is 64.4 Å². The molecule has 0 aromatic heterocycles. The number of allylic oxidation sites excluding steroid dienone is 1. The van der Waals surface area contributed by atoms with Crippen molar-refractivity contribution in [3.05, 3.63) is 12.7 Å². The van der Waals surface area contributed by atoms with Gasteiger partial charge in [0.2, 0.25) is 0 Å². The molecule has 1 saturated heterocycles. The van der Waals surface area contributed by atoms with Crippen LogP contribution in [0.1, 0.15) is 90.4 Å². The summed E-state index contributed by atoms with van der Waals surface area (Å²) in [6.45, 7) is 5.97. The van der Waals surface area contributed by atoms with Crippen LogP contribution in [0.5, 0.6) is 0 Å². The number of hydrogen-bond donors (Lipinski definition) is 1. The van der Waals surface area contributed by atoms with Crippen LogP contribution in [0.3, 0.4) is 0 Å². The second-order valence-corrected chi connectivity index (χ2v) is 6.58. The summed E-state index contributed by atoms with van der Waals surface area (Å²) in [6, 6.07) is 0. The molecule has 3 atom stereocenters. The number of rotatable bonds is 13. The quantitative estimate of drug-likeness (QED) is 0.364. The molecule has 0 spiro atoms. The molecule has 2 heteroatoms. The first-order valence-corrected chi connectivity index (χ1v) is 9.22. The van der Waals surface area contributed by atoms with Crippen molar-refractivity contribution in [2.75, 3.05) is 0 Å². The predicted octanol–water partition coefficient (Wildman–Crippen LogP) is 5.39. The fourth-order valence-corrected chi connectivity index (χ4v) is 3.22. The zero-order chi connectivity index (χ0) is 15.3. The summed E-state index contributed by atoms with van der Waals surface area (Å²) in [4.78, 5) is 0. The average Bonchev–Trinajstić information content (AvgIpc) is 2.82. The Morgan fingerprint density at radius 2 is 1.67 bits per heavy atom. The molecule has 2 nitrogen and oxygen atoms in total. The molecule has 124 valence electrons. The summed E-state index contributed by atoms with van der Waals surface area (Å²) >= 11 is 0. The third-order valence-corrected chi connectivity index (χ3v) is 4.58. The molecule has 1 fully saturated rings. The van der Waals surface area contributed by atoms with Crippen LogP contribution in [0.4, 0.5) is 0 Å². The molecule has 0 aromatic carbocycles. The zero-order valence-electron chi connectivity index (χ0n) is 14.1. The van der Waals surface area contributed by atoms with Crippen molar-refractivity contribution < 1.29 is 9.84 Å². The van der Waals surface area contributed by atoms with Crippen molar-refractivity contribution in [2.45, 2.75) is 109 Å². The lowest BCUT2D eigenvalue weighted by molar-refractivity contribution is 0.00104. The van der Waals surface area contributed by atoms with E-state index < -0.39 is 0 Å². The highest BCUT2D eigenvalue weighted by Crippen LogP contribution is 2.27. The van der Waals surface area contributed by atoms with E-state index in [4.69, 9.17) is 4.74 Å². The van der Waals surface area contributed by atoms with E-state index >= 15 is 0 Å². The molecule has 0 aromatic rings. The molecule has 0 bridgehead atoms. The molecule has 0 saturated carbocycles. The molecular weight excluding hydrogens is 260 g/mol. The number of ether oxygens (including phenoxy) is 1. The Kier molecular flexibility index (Phi) is 10.9. The van der Waals surface area contributed by atoms with E-state index in [0.717, 1.165) is 25.7 Å². The smallest absolute Gasteiger partial charge is 0.0838 e. The van der Waals surface area contributed by atoms with Crippen molar-refractivity contribution in [3.63, 3.8) is 0 Å². The summed E-state index contributed by atoms with van der Waals surface area (Å²) < 4.78 is 6.02. The van der Waals surface area contributed by atoms with Crippen LogP contribution in [0.2, 0.25) is 0 Å². The van der Waals surface area contributed by atoms with Gasteiger partial charge in [0.15, 0.2) is 0 Å². The minimum Gasteiger partial charge on any atom is -0.390 e. The molecule has 0 unspecified atom stereocenters. The van der Waals surface area contributed by atoms with Crippen LogP contribution in [0, 0.1) is 0 Å². The molecular formula is C19H36O2. The lowest BCUT2D eigenvalue weighted by Gasteiger charge is -2.14. The fraction of sp³-hybridized carbons (Fsp3) is 0.895. The minimum atomic E-state index is -0.217. The molecule has 21 heavy (non-hydrogen) atoms. The highest BCUT2D eigenvalue weighted by molar-refractivity contribution is 4.82. The van der Waals surface area contributed by atoms with E-state index in [0.29, 0.717) is 6.10 Å². The van der Waals surface area contributed by atoms with E-state index in [2.05, 4.69) is 13.5 Å². The van der Waals surface area contributed by atoms with Crippen molar-refractivity contribution in [3.8, 4) is 0 Å². The summed E-state index contributed by atoms with van der Waals surface area (Å²) in [6.07, 6.45) is 18.0. The van der Waals surface area contributed by atoms with Gasteiger partial charge in [-0.2, -0.15) is 0 Å². The third-order valence-electron chi connectivity index (χ3n) is 4.58. The highest BCUT2D eigenvalue weighted by atomic mass is 16.5. The van der Waals surface area contributed by atoms with E-state index in [1.165, 1.54) is 57.8 Å². The zero-order valence-corrected chi connectivity index (χ0v) is 14.1. The summed E-state index contributed by atoms with van der Waals surface area (Å²) in [5.74, 6) is 0. The number of aliphatic hydroxyl groups is 1. The lowest BCUT2D eigenvalue weighted by Crippen LogP contribution is -2.20. The Hall–Kier alpha value is -0.340. The van der Waals surface area contributed by atoms with Crippen LogP contribution >= 0.6 is 0 Å². The van der Waals surface area contributed by atoms with Crippen LogP contribution in [0.15, 0.2) is 12.7 Å². The first-order valence-electron chi connectivity index (χ1n) is 9.22. The third kappa shape index (κ3) is 8.63. The molecule has 1 heterocycles. The van der Waals surface area contributed by atoms with Crippen LogP contribution in [0.25, 0.3) is 0 Å². The Balaban J connectivity index is 1.97. The monoisotopic (exact) mass is 296 g/mol. The van der Waals surface area contributed by atoms with Crippen molar-refractivity contribution >= 4 is 0 Å². The van der Waals surface area contributed by atoms with Crippen molar-refractivity contribution in [1.29, 1.82) is 0 Å². The van der Waals surface area contributed by atoms with Gasteiger partial charge in [-0.25, -0.2) is 0 Å². The van der Waals surface area contributed by atoms with E-state index in [1.807, 2.05) is 6.08 Å². The molecule has 1 aliphatic rings. The standard InChI is InChI=1S/C19H36O2/c1-3-5-7-8-9-10-11-13-14-17-16-18(20)19(21-17)15-12-6-4-2/h3,17-20H,1,4-16H2,2H3/t17-,18+,19-/m1/s1. The lowest BCUT2D eigenvalue weighted by atomic mass is 10.0. The topological polar surface area (TPSA) is 29.5 Å². The van der Waals surface area contributed by atoms with E-state index in [9.17, 15) is 5.11 Å². The van der Waals surface area contributed by atoms with Crippen LogP contribution < -0.4 is 0 Å². The molecule has 0 radical (unpaired) electrons. The summed E-state index contributed by atoms with van der Waals surface area (Å²) in [5.41, 5.74) is 0. The largest absolute Gasteiger partial charge is 0.390 e. The summed E-state index contributed by atoms with van der Waals surface area (Å²) in [5, 5.41) is 10.0. The molecule has 1 rings (SSSR count). The normalized spacial score (nSPS) is 25.3. The van der Waals surface area contributed by atoms with Gasteiger partial charge in [0.25, 0.3) is 0 Å². The first kappa shape index (κ1) is 18.7. The number of hydrogen-bond acceptors (Lipinski definition) is 2. The fourth-order valence-electron chi connectivity index (χ4n) is 3.22. The maximum atomic E-state index is 10.0. The van der Waals surface area contributed by atoms with Crippen molar-refractivity contribution in [1.82, 2.24) is 0 Å². The van der Waals surface area contributed by atoms with Gasteiger partial charge in [-0.05, 0) is 25.7 Å². The molecule has 0 amide bonds. The van der Waals surface area contributed by atoms with Crippen LogP contribution in [-0.4, -0.2) is 23.4 Å². The minimum absolute atomic E-state index is 0.112. The van der Waals surface area contributed by atoms with E-state index in [-0.39, 0.29) is 12.2 Å².